The molecule has 2 nitrogen and oxygen atoms in total. The number of carbonyl (C=O) groups excluding carboxylic acids is 1. The van der Waals surface area contributed by atoms with Crippen molar-refractivity contribution in [3.8, 4) is 0 Å². The van der Waals surface area contributed by atoms with Gasteiger partial charge in [-0.2, -0.15) is 0 Å². The molecular weight excluding hydrogens is 185 g/mol. The molecule has 0 unspecified atom stereocenters. The Morgan fingerprint density at radius 2 is 1.83 bits per heavy atom. The average Bonchev–Trinajstić information content (AvgIpc) is 1.36. The first-order chi connectivity index (χ1) is 2.64. The summed E-state index contributed by atoms with van der Waals surface area (Å²) in [5.41, 5.74) is 4.89. The van der Waals surface area contributed by atoms with E-state index >= 15 is 0 Å². The first-order valence-corrected chi connectivity index (χ1v) is 10.2. The monoisotopic (exact) mass is 195 g/mol. The van der Waals surface area contributed by atoms with E-state index in [0.717, 1.165) is 0 Å². The molecular formula is C3H9NOSn. The second-order valence-electron chi connectivity index (χ2n) is 1.56. The van der Waals surface area contributed by atoms with E-state index in [4.69, 9.17) is 5.73 Å². The average molecular weight is 194 g/mol. The first-order valence-electron chi connectivity index (χ1n) is 1.94. The van der Waals surface area contributed by atoms with Gasteiger partial charge in [0.2, 0.25) is 0 Å². The van der Waals surface area contributed by atoms with Gasteiger partial charge in [0.05, 0.1) is 0 Å². The normalized spacial score (nSPS) is 9.17. The fourth-order valence-electron chi connectivity index (χ4n) is 0. The van der Waals surface area contributed by atoms with E-state index in [9.17, 15) is 4.79 Å². The number of rotatable bonds is 1. The number of hydrogen-bond donors (Lipinski definition) is 1. The van der Waals surface area contributed by atoms with E-state index in [1.165, 1.54) is 0 Å². The van der Waals surface area contributed by atoms with Gasteiger partial charge in [0.15, 0.2) is 0 Å². The number of amides is 1. The molecule has 0 fully saturated rings. The van der Waals surface area contributed by atoms with Crippen LogP contribution in [0.25, 0.3) is 0 Å². The molecule has 2 N–H and O–H groups in total. The van der Waals surface area contributed by atoms with Gasteiger partial charge in [0.25, 0.3) is 0 Å². The van der Waals surface area contributed by atoms with Crippen molar-refractivity contribution in [2.45, 2.75) is 9.88 Å². The first kappa shape index (κ1) is 6.27. The molecule has 6 heavy (non-hydrogen) atoms. The maximum absolute atomic E-state index is 10.0. The zero-order valence-corrected chi connectivity index (χ0v) is 7.36. The molecule has 0 heterocycles. The van der Waals surface area contributed by atoms with Crippen LogP contribution in [-0.4, -0.2) is 23.7 Å². The summed E-state index contributed by atoms with van der Waals surface area (Å²) in [6.45, 7) is 0. The molecule has 3 heteroatoms. The molecule has 0 aromatic heterocycles. The van der Waals surface area contributed by atoms with Crippen molar-refractivity contribution < 1.29 is 4.79 Å². The van der Waals surface area contributed by atoms with E-state index in [2.05, 4.69) is 0 Å². The predicted octanol–water partition coefficient (Wildman–Crippen LogP) is 0.134. The number of primary amides is 1. The van der Waals surface area contributed by atoms with Crippen molar-refractivity contribution in [2.75, 3.05) is 0 Å². The molecule has 36 valence electrons. The maximum atomic E-state index is 10.0. The minimum absolute atomic E-state index is 0.0307. The van der Waals surface area contributed by atoms with E-state index in [1.54, 1.807) is 0 Å². The summed E-state index contributed by atoms with van der Waals surface area (Å²) >= 11 is -1.67. The van der Waals surface area contributed by atoms with E-state index in [-0.39, 0.29) is 3.92 Å². The van der Waals surface area contributed by atoms with Crippen molar-refractivity contribution >= 4 is 23.7 Å². The molecule has 0 spiro atoms. The fourth-order valence-corrected chi connectivity index (χ4v) is 0. The molecule has 0 saturated carbocycles. The van der Waals surface area contributed by atoms with Crippen molar-refractivity contribution in [3.63, 3.8) is 0 Å². The van der Waals surface area contributed by atoms with E-state index < -0.39 is 19.8 Å². The van der Waals surface area contributed by atoms with Crippen molar-refractivity contribution in [1.29, 1.82) is 0 Å². The Hall–Kier alpha value is 0.269. The van der Waals surface area contributed by atoms with E-state index in [1.807, 2.05) is 9.88 Å². The Labute approximate surface area is 44.5 Å². The van der Waals surface area contributed by atoms with Gasteiger partial charge < -0.3 is 0 Å². The predicted molar refractivity (Wildman–Crippen MR) is 28.5 cm³/mol. The molecule has 0 aliphatic carbocycles. The molecule has 0 aromatic carbocycles. The van der Waals surface area contributed by atoms with Gasteiger partial charge >= 0.3 is 44.1 Å². The molecule has 0 saturated heterocycles. The Kier molecular flexibility index (Phi) is 2.55. The molecule has 0 atom stereocenters. The van der Waals surface area contributed by atoms with Gasteiger partial charge in [-0.25, -0.2) is 0 Å². The van der Waals surface area contributed by atoms with Crippen LogP contribution in [0.1, 0.15) is 0 Å². The van der Waals surface area contributed by atoms with Gasteiger partial charge in [-0.05, 0) is 0 Å². The molecule has 0 radical (unpaired) electrons. The SMILES string of the molecule is [CH3][SnH]([CH3])[C](N)=O. The Bertz CT molecular complexity index is 61.8. The second-order valence-corrected chi connectivity index (χ2v) is 9.77. The Morgan fingerprint density at radius 1 is 1.67 bits per heavy atom. The molecule has 0 aromatic rings. The summed E-state index contributed by atoms with van der Waals surface area (Å²) < 4.78 is -0.0307. The summed E-state index contributed by atoms with van der Waals surface area (Å²) in [4.78, 5) is 14.0. The fraction of sp³-hybridized carbons (Fsp3) is 0.667. The van der Waals surface area contributed by atoms with Crippen molar-refractivity contribution in [3.05, 3.63) is 0 Å². The van der Waals surface area contributed by atoms with Crippen molar-refractivity contribution in [2.24, 2.45) is 5.73 Å². The third-order valence-corrected chi connectivity index (χ3v) is 3.82. The number of carbonyl (C=O) groups is 1. The number of nitrogens with two attached hydrogens (primary N) is 1. The van der Waals surface area contributed by atoms with Crippen LogP contribution < -0.4 is 5.73 Å². The van der Waals surface area contributed by atoms with Gasteiger partial charge in [0, 0.05) is 0 Å². The van der Waals surface area contributed by atoms with Gasteiger partial charge in [-0.15, -0.1) is 0 Å². The van der Waals surface area contributed by atoms with Crippen LogP contribution in [0.5, 0.6) is 0 Å². The van der Waals surface area contributed by atoms with Gasteiger partial charge in [-0.3, -0.25) is 0 Å². The molecule has 0 aliphatic rings. The Morgan fingerprint density at radius 3 is 1.83 bits per heavy atom. The third-order valence-electron chi connectivity index (χ3n) is 0.569. The zero-order chi connectivity index (χ0) is 5.15. The summed E-state index contributed by atoms with van der Waals surface area (Å²) in [5.74, 6) is 0. The third kappa shape index (κ3) is 2.50. The van der Waals surface area contributed by atoms with Crippen molar-refractivity contribution in [1.82, 2.24) is 0 Å². The van der Waals surface area contributed by atoms with Gasteiger partial charge in [0.1, 0.15) is 0 Å². The number of hydrogen-bond acceptors (Lipinski definition) is 1. The quantitative estimate of drug-likeness (QED) is 0.592. The van der Waals surface area contributed by atoms with Crippen LogP contribution in [-0.2, 0) is 0 Å². The summed E-state index contributed by atoms with van der Waals surface area (Å²) in [6, 6.07) is 0. The van der Waals surface area contributed by atoms with Crippen LogP contribution >= 0.6 is 0 Å². The van der Waals surface area contributed by atoms with Crippen LogP contribution in [0.15, 0.2) is 0 Å². The van der Waals surface area contributed by atoms with Crippen LogP contribution in [0.4, 0.5) is 4.79 Å². The standard InChI is InChI=1S/CH2NO.2CH3.Sn.H/c2-1-3;;;;/h(H2,2,3);2*1H3;;. The summed E-state index contributed by atoms with van der Waals surface area (Å²) in [7, 11) is 0. The zero-order valence-electron chi connectivity index (χ0n) is 4.06. The topological polar surface area (TPSA) is 43.1 Å². The molecule has 0 rings (SSSR count). The van der Waals surface area contributed by atoms with Crippen LogP contribution in [0.3, 0.4) is 0 Å². The van der Waals surface area contributed by atoms with E-state index in [0.29, 0.717) is 0 Å². The molecule has 1 amide bonds. The van der Waals surface area contributed by atoms with Gasteiger partial charge in [-0.1, -0.05) is 0 Å². The summed E-state index contributed by atoms with van der Waals surface area (Å²) in [6.07, 6.45) is 0. The second kappa shape index (κ2) is 2.44. The molecule has 0 aliphatic heterocycles. The minimum atomic E-state index is -1.67. The van der Waals surface area contributed by atoms with Crippen LogP contribution in [0.2, 0.25) is 9.88 Å². The van der Waals surface area contributed by atoms with Crippen LogP contribution in [0, 0.1) is 0 Å². The Balaban J connectivity index is 3.26. The summed E-state index contributed by atoms with van der Waals surface area (Å²) in [5, 5.41) is 0. The molecule has 0 bridgehead atoms.